The van der Waals surface area contributed by atoms with Gasteiger partial charge < -0.3 is 14.6 Å². The van der Waals surface area contributed by atoms with Gasteiger partial charge >= 0.3 is 5.56 Å². The minimum absolute atomic E-state index is 0.0747. The Labute approximate surface area is 123 Å². The number of fused-ring (bicyclic) bond motifs is 1. The number of hydrogen-bond acceptors (Lipinski definition) is 4. The summed E-state index contributed by atoms with van der Waals surface area (Å²) in [4.78, 5) is 16.4. The fourth-order valence-electron chi connectivity index (χ4n) is 2.55. The fraction of sp³-hybridized carbons (Fsp3) is 0.375. The number of aryl methyl sites for hydroxylation is 1. The molecule has 1 N–H and O–H groups in total. The second-order valence-corrected chi connectivity index (χ2v) is 5.46. The lowest BCUT2D eigenvalue weighted by atomic mass is 10.0. The molecular formula is C16H19N3O2. The van der Waals surface area contributed by atoms with Gasteiger partial charge in [-0.3, -0.25) is 4.79 Å². The smallest absolute Gasteiger partial charge is 0.313 e. The second kappa shape index (κ2) is 5.60. The molecule has 21 heavy (non-hydrogen) atoms. The average Bonchev–Trinajstić information content (AvgIpc) is 2.49. The number of nitrogens with one attached hydrogen (secondary N) is 1. The van der Waals surface area contributed by atoms with E-state index in [1.807, 2.05) is 26.0 Å². The number of aromatic nitrogens is 2. The Morgan fingerprint density at radius 2 is 2.24 bits per heavy atom. The van der Waals surface area contributed by atoms with Gasteiger partial charge in [0.05, 0.1) is 5.69 Å². The summed E-state index contributed by atoms with van der Waals surface area (Å²) in [7, 11) is 0. The number of benzene rings is 1. The van der Waals surface area contributed by atoms with Crippen molar-refractivity contribution in [1.29, 1.82) is 0 Å². The van der Waals surface area contributed by atoms with E-state index in [4.69, 9.17) is 4.74 Å². The molecule has 0 radical (unpaired) electrons. The summed E-state index contributed by atoms with van der Waals surface area (Å²) >= 11 is 0. The Hall–Kier alpha value is -2.30. The number of para-hydroxylation sites is 1. The first kappa shape index (κ1) is 13.7. The molecule has 1 aromatic heterocycles. The molecule has 0 amide bonds. The first-order chi connectivity index (χ1) is 10.2. The van der Waals surface area contributed by atoms with Crippen molar-refractivity contribution in [3.05, 3.63) is 46.5 Å². The SMILES string of the molecule is CC(C)n1ccnc(Oc2cccc3c2NCCC3)c1=O. The Morgan fingerprint density at radius 1 is 1.38 bits per heavy atom. The van der Waals surface area contributed by atoms with Gasteiger partial charge in [-0.2, -0.15) is 0 Å². The van der Waals surface area contributed by atoms with Gasteiger partial charge in [0.2, 0.25) is 0 Å². The van der Waals surface area contributed by atoms with Gasteiger partial charge in [-0.25, -0.2) is 4.98 Å². The summed E-state index contributed by atoms with van der Waals surface area (Å²) in [5.74, 6) is 0.783. The van der Waals surface area contributed by atoms with Crippen LogP contribution in [0, 0.1) is 0 Å². The van der Waals surface area contributed by atoms with E-state index in [0.717, 1.165) is 25.1 Å². The van der Waals surface area contributed by atoms with Crippen LogP contribution < -0.4 is 15.6 Å². The van der Waals surface area contributed by atoms with Crippen molar-refractivity contribution in [2.24, 2.45) is 0 Å². The van der Waals surface area contributed by atoms with E-state index in [1.54, 1.807) is 17.0 Å². The lowest BCUT2D eigenvalue weighted by Gasteiger charge is -2.20. The van der Waals surface area contributed by atoms with Crippen molar-refractivity contribution in [2.45, 2.75) is 32.7 Å². The van der Waals surface area contributed by atoms with E-state index in [2.05, 4.69) is 16.4 Å². The summed E-state index contributed by atoms with van der Waals surface area (Å²) in [6.07, 6.45) is 5.41. The van der Waals surface area contributed by atoms with Crippen molar-refractivity contribution in [2.75, 3.05) is 11.9 Å². The molecule has 0 spiro atoms. The van der Waals surface area contributed by atoms with Crippen molar-refractivity contribution >= 4 is 5.69 Å². The molecule has 2 aromatic rings. The minimum Gasteiger partial charge on any atom is -0.432 e. The zero-order valence-corrected chi connectivity index (χ0v) is 12.3. The zero-order valence-electron chi connectivity index (χ0n) is 12.3. The first-order valence-electron chi connectivity index (χ1n) is 7.27. The number of anilines is 1. The highest BCUT2D eigenvalue weighted by atomic mass is 16.5. The van der Waals surface area contributed by atoms with Crippen LogP contribution in [0.1, 0.15) is 31.9 Å². The third-order valence-electron chi connectivity index (χ3n) is 3.64. The lowest BCUT2D eigenvalue weighted by Crippen LogP contribution is -2.23. The van der Waals surface area contributed by atoms with Crippen molar-refractivity contribution < 1.29 is 4.74 Å². The molecule has 1 aromatic carbocycles. The maximum atomic E-state index is 12.3. The largest absolute Gasteiger partial charge is 0.432 e. The van der Waals surface area contributed by atoms with Gasteiger partial charge in [0.15, 0.2) is 5.75 Å². The molecule has 2 heterocycles. The molecule has 0 saturated heterocycles. The standard InChI is InChI=1S/C16H19N3O2/c1-11(2)19-10-9-18-15(16(19)20)21-13-7-3-5-12-6-4-8-17-14(12)13/h3,5,7,9-11,17H,4,6,8H2,1-2H3. The average molecular weight is 285 g/mol. The Morgan fingerprint density at radius 3 is 3.05 bits per heavy atom. The van der Waals surface area contributed by atoms with Crippen LogP contribution in [0.4, 0.5) is 5.69 Å². The van der Waals surface area contributed by atoms with Gasteiger partial charge in [0.1, 0.15) is 0 Å². The lowest BCUT2D eigenvalue weighted by molar-refractivity contribution is 0.437. The predicted molar refractivity (Wildman–Crippen MR) is 82.2 cm³/mol. The van der Waals surface area contributed by atoms with Gasteiger partial charge in [-0.15, -0.1) is 0 Å². The molecule has 0 bridgehead atoms. The summed E-state index contributed by atoms with van der Waals surface area (Å²) in [5.41, 5.74) is 1.99. The van der Waals surface area contributed by atoms with E-state index < -0.39 is 0 Å². The van der Waals surface area contributed by atoms with E-state index >= 15 is 0 Å². The van der Waals surface area contributed by atoms with Crippen LogP contribution >= 0.6 is 0 Å². The van der Waals surface area contributed by atoms with Crippen LogP contribution in [-0.4, -0.2) is 16.1 Å². The van der Waals surface area contributed by atoms with Crippen LogP contribution in [0.3, 0.4) is 0 Å². The maximum absolute atomic E-state index is 12.3. The van der Waals surface area contributed by atoms with Gasteiger partial charge in [0, 0.05) is 25.0 Å². The van der Waals surface area contributed by atoms with Crippen LogP contribution in [0.25, 0.3) is 0 Å². The normalized spacial score (nSPS) is 13.7. The van der Waals surface area contributed by atoms with E-state index in [-0.39, 0.29) is 17.5 Å². The van der Waals surface area contributed by atoms with Gasteiger partial charge in [0.25, 0.3) is 5.88 Å². The summed E-state index contributed by atoms with van der Waals surface area (Å²) in [5, 5.41) is 3.35. The summed E-state index contributed by atoms with van der Waals surface area (Å²) < 4.78 is 7.41. The minimum atomic E-state index is -0.207. The third-order valence-corrected chi connectivity index (χ3v) is 3.64. The molecule has 0 saturated carbocycles. The molecular weight excluding hydrogens is 266 g/mol. The molecule has 110 valence electrons. The van der Waals surface area contributed by atoms with Crippen LogP contribution in [0.2, 0.25) is 0 Å². The van der Waals surface area contributed by atoms with Crippen LogP contribution in [0.5, 0.6) is 11.6 Å². The monoisotopic (exact) mass is 285 g/mol. The molecule has 5 nitrogen and oxygen atoms in total. The number of rotatable bonds is 3. The molecule has 1 aliphatic rings. The van der Waals surface area contributed by atoms with Gasteiger partial charge in [-0.05, 0) is 38.3 Å². The van der Waals surface area contributed by atoms with E-state index in [1.165, 1.54) is 5.56 Å². The summed E-state index contributed by atoms with van der Waals surface area (Å²) in [6.45, 7) is 4.83. The molecule has 0 unspecified atom stereocenters. The molecule has 0 atom stereocenters. The maximum Gasteiger partial charge on any atom is 0.313 e. The topological polar surface area (TPSA) is 56.1 Å². The van der Waals surface area contributed by atoms with E-state index in [9.17, 15) is 4.79 Å². The second-order valence-electron chi connectivity index (χ2n) is 5.46. The Balaban J connectivity index is 1.98. The molecule has 1 aliphatic heterocycles. The number of hydrogen-bond donors (Lipinski definition) is 1. The quantitative estimate of drug-likeness (QED) is 0.942. The van der Waals surface area contributed by atoms with E-state index in [0.29, 0.717) is 5.75 Å². The molecule has 3 rings (SSSR count). The summed E-state index contributed by atoms with van der Waals surface area (Å²) in [6, 6.07) is 5.97. The highest BCUT2D eigenvalue weighted by Crippen LogP contribution is 2.33. The van der Waals surface area contributed by atoms with Crippen LogP contribution in [0.15, 0.2) is 35.4 Å². The van der Waals surface area contributed by atoms with Gasteiger partial charge in [-0.1, -0.05) is 12.1 Å². The molecule has 0 aliphatic carbocycles. The van der Waals surface area contributed by atoms with Crippen molar-refractivity contribution in [1.82, 2.24) is 9.55 Å². The number of ether oxygens (including phenoxy) is 1. The predicted octanol–water partition coefficient (Wildman–Crippen LogP) is 2.97. The highest BCUT2D eigenvalue weighted by molar-refractivity contribution is 5.63. The Bertz CT molecular complexity index is 707. The molecule has 0 fully saturated rings. The van der Waals surface area contributed by atoms with Crippen molar-refractivity contribution in [3.8, 4) is 11.6 Å². The third kappa shape index (κ3) is 2.63. The zero-order chi connectivity index (χ0) is 14.8. The molecule has 5 heteroatoms. The first-order valence-corrected chi connectivity index (χ1v) is 7.27. The highest BCUT2D eigenvalue weighted by Gasteiger charge is 2.16. The fourth-order valence-corrected chi connectivity index (χ4v) is 2.55. The van der Waals surface area contributed by atoms with Crippen molar-refractivity contribution in [3.63, 3.8) is 0 Å². The van der Waals surface area contributed by atoms with Crippen LogP contribution in [-0.2, 0) is 6.42 Å². The Kier molecular flexibility index (Phi) is 3.64. The number of nitrogens with zero attached hydrogens (tertiary/aromatic N) is 2.